The number of nitrogens with zero attached hydrogens (tertiary/aromatic N) is 6. The Kier molecular flexibility index (Phi) is 17.3. The molecule has 0 radical (unpaired) electrons. The normalized spacial score (nSPS) is 12.7. The van der Waals surface area contributed by atoms with Crippen molar-refractivity contribution in [3.05, 3.63) is 247 Å². The third kappa shape index (κ3) is 14.6. The SMILES string of the molecule is CC(C)(C)c1cc2c(O)c(c1)Cc1cc(C(C)(C)C)cc(c1OCc1cc([N+](=O)[O-])cc([N+](=O)[O-])c1)Cc1cc(C(C)(C)C)cc(c1OCc1cc([N+](=O)[O-])cc([N+](=O)[O-])c1)Cc1cc(C(C)(C)C)cc(c1OCc1cc([N+](=O)[O-])cc([N+](=O)[O-])c1)C2. The molecule has 7 aromatic rings. The number of phenols is 1. The number of rotatable bonds is 15. The van der Waals surface area contributed by atoms with E-state index in [0.29, 0.717) is 56.0 Å². The van der Waals surface area contributed by atoms with Gasteiger partial charge in [0.25, 0.3) is 34.1 Å². The monoisotopic (exact) mass is 1190 g/mol. The average molecular weight is 1190 g/mol. The lowest BCUT2D eigenvalue weighted by Crippen LogP contribution is -2.17. The van der Waals surface area contributed by atoms with Crippen LogP contribution in [0.1, 0.15) is 167 Å². The Morgan fingerprint density at radius 3 is 0.655 bits per heavy atom. The predicted molar refractivity (Wildman–Crippen MR) is 326 cm³/mol. The smallest absolute Gasteiger partial charge is 0.276 e. The Morgan fingerprint density at radius 1 is 0.310 bits per heavy atom. The van der Waals surface area contributed by atoms with Crippen LogP contribution in [0, 0.1) is 60.7 Å². The zero-order valence-electron chi connectivity index (χ0n) is 50.5. The molecule has 0 unspecified atom stereocenters. The number of nitro benzene ring substituents is 6. The molecular weight excluding hydrogens is 1120 g/mol. The van der Waals surface area contributed by atoms with Crippen LogP contribution in [-0.2, 0) is 67.2 Å². The number of aromatic hydroxyl groups is 1. The lowest BCUT2D eigenvalue weighted by Gasteiger charge is -2.29. The highest BCUT2D eigenvalue weighted by molar-refractivity contribution is 5.61. The van der Waals surface area contributed by atoms with Crippen molar-refractivity contribution in [3.63, 3.8) is 0 Å². The maximum absolute atomic E-state index is 12.9. The number of benzene rings is 7. The minimum atomic E-state index is -0.736. The summed E-state index contributed by atoms with van der Waals surface area (Å²) in [5.74, 6) is 0.809. The van der Waals surface area contributed by atoms with Crippen LogP contribution in [0.25, 0.3) is 0 Å². The Morgan fingerprint density at radius 2 is 0.483 bits per heavy atom. The first-order chi connectivity index (χ1) is 40.4. The summed E-state index contributed by atoms with van der Waals surface area (Å²) in [5.41, 5.74) is 2.77. The number of hydrogen-bond donors (Lipinski definition) is 1. The molecule has 0 fully saturated rings. The lowest BCUT2D eigenvalue weighted by molar-refractivity contribution is -0.394. The minimum absolute atomic E-state index is 0.0180. The molecule has 1 aliphatic rings. The van der Waals surface area contributed by atoms with Gasteiger partial charge in [-0.25, -0.2) is 0 Å². The maximum Gasteiger partial charge on any atom is 0.276 e. The Bertz CT molecular complexity index is 3680. The Balaban J connectivity index is 1.49. The van der Waals surface area contributed by atoms with E-state index >= 15 is 0 Å². The number of hydrogen-bond acceptors (Lipinski definition) is 16. The minimum Gasteiger partial charge on any atom is -0.507 e. The van der Waals surface area contributed by atoms with E-state index in [4.69, 9.17) is 14.2 Å². The van der Waals surface area contributed by atoms with E-state index < -0.39 is 91.9 Å². The van der Waals surface area contributed by atoms with Gasteiger partial charge in [-0.05, 0) is 88.4 Å². The van der Waals surface area contributed by atoms with Gasteiger partial charge < -0.3 is 19.3 Å². The third-order valence-electron chi connectivity index (χ3n) is 15.3. The van der Waals surface area contributed by atoms with E-state index in [1.165, 1.54) is 36.4 Å². The Labute approximate surface area is 501 Å². The summed E-state index contributed by atoms with van der Waals surface area (Å²) in [6.45, 7) is 23.2. The molecule has 1 aliphatic carbocycles. The van der Waals surface area contributed by atoms with Gasteiger partial charge in [-0.15, -0.1) is 0 Å². The topological polar surface area (TPSA) is 307 Å². The van der Waals surface area contributed by atoms with Gasteiger partial charge in [-0.1, -0.05) is 132 Å². The number of non-ortho nitro benzene ring substituents is 6. The second-order valence-electron chi connectivity index (χ2n) is 26.2. The molecule has 0 atom stereocenters. The lowest BCUT2D eigenvalue weighted by atomic mass is 9.79. The van der Waals surface area contributed by atoms with Crippen molar-refractivity contribution < 1.29 is 48.9 Å². The van der Waals surface area contributed by atoms with Gasteiger partial charge in [0, 0.05) is 78.8 Å². The fourth-order valence-corrected chi connectivity index (χ4v) is 10.5. The molecule has 0 aliphatic heterocycles. The molecule has 7 aromatic carbocycles. The molecule has 0 aromatic heterocycles. The number of nitro groups is 6. The molecule has 22 nitrogen and oxygen atoms in total. The van der Waals surface area contributed by atoms with E-state index in [9.17, 15) is 65.8 Å². The van der Waals surface area contributed by atoms with Crippen molar-refractivity contribution in [1.29, 1.82) is 0 Å². The van der Waals surface area contributed by atoms with E-state index in [1.807, 2.05) is 132 Å². The number of fused-ring (bicyclic) bond motifs is 8. The summed E-state index contributed by atoms with van der Waals surface area (Å²) in [6, 6.07) is 25.4. The zero-order valence-corrected chi connectivity index (χ0v) is 50.5. The number of ether oxygens (including phenoxy) is 3. The molecule has 22 heteroatoms. The van der Waals surface area contributed by atoms with Gasteiger partial charge >= 0.3 is 0 Å². The van der Waals surface area contributed by atoms with Crippen LogP contribution in [0.3, 0.4) is 0 Å². The average Bonchev–Trinajstić information content (AvgIpc) is 1.08. The molecular formula is C65H68N6O16. The van der Waals surface area contributed by atoms with Crippen LogP contribution in [0.15, 0.2) is 103 Å². The molecule has 0 saturated heterocycles. The molecule has 0 spiro atoms. The van der Waals surface area contributed by atoms with Gasteiger partial charge in [-0.3, -0.25) is 60.7 Å². The summed E-state index contributed by atoms with van der Waals surface area (Å²) in [4.78, 5) is 68.7. The molecule has 454 valence electrons. The maximum atomic E-state index is 12.9. The highest BCUT2D eigenvalue weighted by Gasteiger charge is 2.31. The van der Waals surface area contributed by atoms with Crippen molar-refractivity contribution in [2.24, 2.45) is 0 Å². The summed E-state index contributed by atoms with van der Waals surface area (Å²) in [6.07, 6.45) is 0.108. The second-order valence-corrected chi connectivity index (χ2v) is 26.2. The first kappa shape index (κ1) is 63.2. The van der Waals surface area contributed by atoms with Crippen molar-refractivity contribution in [2.45, 2.75) is 150 Å². The Hall–Kier alpha value is -9.86. The van der Waals surface area contributed by atoms with Crippen molar-refractivity contribution in [1.82, 2.24) is 0 Å². The first-order valence-corrected chi connectivity index (χ1v) is 27.9. The summed E-state index contributed by atoms with van der Waals surface area (Å²) in [5, 5.41) is 86.0. The quantitative estimate of drug-likeness (QED) is 0.0736. The van der Waals surface area contributed by atoms with Crippen LogP contribution < -0.4 is 14.2 Å². The summed E-state index contributed by atoms with van der Waals surface area (Å²) < 4.78 is 20.7. The predicted octanol–water partition coefficient (Wildman–Crippen LogP) is 15.4. The fraction of sp³-hybridized carbons (Fsp3) is 0.354. The summed E-state index contributed by atoms with van der Waals surface area (Å²) >= 11 is 0. The van der Waals surface area contributed by atoms with Crippen molar-refractivity contribution in [3.8, 4) is 23.0 Å². The van der Waals surface area contributed by atoms with E-state index in [-0.39, 0.29) is 67.1 Å². The third-order valence-corrected chi connectivity index (χ3v) is 15.3. The summed E-state index contributed by atoms with van der Waals surface area (Å²) in [7, 11) is 0. The van der Waals surface area contributed by atoms with Gasteiger partial charge in [0.05, 0.1) is 47.7 Å². The van der Waals surface area contributed by atoms with E-state index in [2.05, 4.69) is 0 Å². The number of phenolic OH excluding ortho intramolecular Hbond substituents is 1. The largest absolute Gasteiger partial charge is 0.507 e. The van der Waals surface area contributed by atoms with Crippen LogP contribution in [0.4, 0.5) is 34.1 Å². The van der Waals surface area contributed by atoms with Crippen LogP contribution in [0.2, 0.25) is 0 Å². The van der Waals surface area contributed by atoms with Gasteiger partial charge in [0.2, 0.25) is 0 Å². The highest BCUT2D eigenvalue weighted by Crippen LogP contribution is 2.45. The fourth-order valence-electron chi connectivity index (χ4n) is 10.5. The van der Waals surface area contributed by atoms with Gasteiger partial charge in [0.15, 0.2) is 0 Å². The van der Waals surface area contributed by atoms with Gasteiger partial charge in [-0.2, -0.15) is 0 Å². The van der Waals surface area contributed by atoms with Crippen molar-refractivity contribution in [2.75, 3.05) is 0 Å². The van der Waals surface area contributed by atoms with E-state index in [0.717, 1.165) is 40.5 Å². The first-order valence-electron chi connectivity index (χ1n) is 27.9. The molecule has 0 heterocycles. The molecule has 1 N–H and O–H groups in total. The standard InChI is InChI=1S/C65H68N6O16/c1-62(2,3)48-23-40-19-42-25-49(63(4,5)6)27-44(59(42)85-34-37-13-52(66(73)74)31-53(14-37)67(75)76)21-46-29-51(65(10,11)12)30-47(61(46)87-36-39-17-56(70(81)82)33-57(18-39)71(83)84)22-45-28-50(64(7,8)9)26-43(20-41(24-48)58(40)72)60(45)86-35-38-15-54(68(77)78)32-55(16-38)69(79)80/h13-18,23-33,72H,19-22,34-36H2,1-12H3. The van der Waals surface area contributed by atoms with Gasteiger partial charge in [0.1, 0.15) is 42.8 Å². The van der Waals surface area contributed by atoms with Crippen LogP contribution >= 0.6 is 0 Å². The van der Waals surface area contributed by atoms with E-state index in [1.54, 1.807) is 0 Å². The molecule has 87 heavy (non-hydrogen) atoms. The van der Waals surface area contributed by atoms with Crippen molar-refractivity contribution >= 4 is 34.1 Å². The molecule has 0 amide bonds. The van der Waals surface area contributed by atoms with Crippen LogP contribution in [-0.4, -0.2) is 34.6 Å². The highest BCUT2D eigenvalue weighted by atomic mass is 16.6. The zero-order chi connectivity index (χ0) is 64.0. The van der Waals surface area contributed by atoms with Crippen LogP contribution in [0.5, 0.6) is 23.0 Å². The molecule has 0 saturated carbocycles. The molecule has 8 bridgehead atoms. The molecule has 8 rings (SSSR count). The second kappa shape index (κ2) is 23.9.